The first kappa shape index (κ1) is 15.1. The van der Waals surface area contributed by atoms with Gasteiger partial charge in [0.25, 0.3) is 0 Å². The maximum Gasteiger partial charge on any atom is 0.114 e. The lowest BCUT2D eigenvalue weighted by Crippen LogP contribution is -2.14. The van der Waals surface area contributed by atoms with E-state index in [-0.39, 0.29) is 0 Å². The molecule has 0 fully saturated rings. The fraction of sp³-hybridized carbons (Fsp3) is 0.368. The van der Waals surface area contributed by atoms with E-state index in [1.165, 1.54) is 28.8 Å². The molecule has 1 aromatic heterocycles. The topological polar surface area (TPSA) is 36.7 Å². The van der Waals surface area contributed by atoms with Gasteiger partial charge in [0.1, 0.15) is 11.1 Å². The molecule has 1 aliphatic rings. The number of pyridine rings is 1. The summed E-state index contributed by atoms with van der Waals surface area (Å²) in [4.78, 5) is 4.80. The van der Waals surface area contributed by atoms with Crippen molar-refractivity contribution in [3.63, 3.8) is 0 Å². The predicted octanol–water partition coefficient (Wildman–Crippen LogP) is 4.68. The summed E-state index contributed by atoms with van der Waals surface area (Å²) in [6.45, 7) is 4.40. The van der Waals surface area contributed by atoms with Crippen molar-refractivity contribution in [1.82, 2.24) is 4.98 Å². The van der Waals surface area contributed by atoms with E-state index in [1.54, 1.807) is 11.8 Å². The van der Waals surface area contributed by atoms with Crippen LogP contribution in [0, 0.1) is 24.2 Å². The third-order valence-corrected chi connectivity index (χ3v) is 5.38. The van der Waals surface area contributed by atoms with Crippen LogP contribution in [-0.2, 0) is 18.6 Å². The number of benzene rings is 1. The largest absolute Gasteiger partial charge is 0.245 e. The van der Waals surface area contributed by atoms with Gasteiger partial charge < -0.3 is 0 Å². The summed E-state index contributed by atoms with van der Waals surface area (Å²) in [7, 11) is 0. The van der Waals surface area contributed by atoms with Crippen LogP contribution in [0.15, 0.2) is 35.4 Å². The van der Waals surface area contributed by atoms with Crippen molar-refractivity contribution >= 4 is 11.8 Å². The van der Waals surface area contributed by atoms with Gasteiger partial charge in [-0.15, -0.1) is 11.8 Å². The van der Waals surface area contributed by atoms with Crippen molar-refractivity contribution in [3.05, 3.63) is 58.3 Å². The van der Waals surface area contributed by atoms with E-state index in [0.29, 0.717) is 5.92 Å². The van der Waals surface area contributed by atoms with Gasteiger partial charge in [-0.05, 0) is 54.9 Å². The fourth-order valence-corrected chi connectivity index (χ4v) is 3.99. The number of nitriles is 1. The second kappa shape index (κ2) is 6.54. The van der Waals surface area contributed by atoms with Gasteiger partial charge in [0.2, 0.25) is 0 Å². The Morgan fingerprint density at radius 2 is 2.18 bits per heavy atom. The molecule has 1 atom stereocenters. The van der Waals surface area contributed by atoms with Gasteiger partial charge in [-0.25, -0.2) is 4.98 Å². The molecule has 2 nitrogen and oxygen atoms in total. The molecule has 22 heavy (non-hydrogen) atoms. The molecule has 112 valence electrons. The third kappa shape index (κ3) is 3.18. The van der Waals surface area contributed by atoms with Gasteiger partial charge in [0, 0.05) is 11.4 Å². The summed E-state index contributed by atoms with van der Waals surface area (Å²) in [6, 6.07) is 12.8. The molecule has 0 saturated carbocycles. The zero-order valence-corrected chi connectivity index (χ0v) is 13.9. The van der Waals surface area contributed by atoms with Gasteiger partial charge in [0.15, 0.2) is 0 Å². The second-order valence-electron chi connectivity index (χ2n) is 6.12. The van der Waals surface area contributed by atoms with E-state index in [4.69, 9.17) is 4.98 Å². The summed E-state index contributed by atoms with van der Waals surface area (Å²) < 4.78 is 0. The SMILES string of the molecule is Cc1ccccc1CSc1nc2c(cc1C#N)CC(C)CC2. The maximum atomic E-state index is 9.43. The van der Waals surface area contributed by atoms with Crippen molar-refractivity contribution in [2.24, 2.45) is 5.92 Å². The van der Waals surface area contributed by atoms with Crippen LogP contribution in [0.25, 0.3) is 0 Å². The molecule has 0 radical (unpaired) electrons. The molecule has 0 saturated heterocycles. The number of thioether (sulfide) groups is 1. The van der Waals surface area contributed by atoms with Crippen molar-refractivity contribution < 1.29 is 0 Å². The van der Waals surface area contributed by atoms with Gasteiger partial charge in [-0.1, -0.05) is 31.2 Å². The summed E-state index contributed by atoms with van der Waals surface area (Å²) in [5, 5.41) is 10.3. The Balaban J connectivity index is 1.85. The highest BCUT2D eigenvalue weighted by atomic mass is 32.2. The number of nitrogens with zero attached hydrogens (tertiary/aromatic N) is 2. The van der Waals surface area contributed by atoms with Crippen LogP contribution in [0.5, 0.6) is 0 Å². The monoisotopic (exact) mass is 308 g/mol. The van der Waals surface area contributed by atoms with Crippen LogP contribution in [0.1, 0.15) is 41.3 Å². The van der Waals surface area contributed by atoms with Gasteiger partial charge in [-0.2, -0.15) is 5.26 Å². The average Bonchev–Trinajstić information content (AvgIpc) is 2.53. The highest BCUT2D eigenvalue weighted by Gasteiger charge is 2.19. The maximum absolute atomic E-state index is 9.43. The predicted molar refractivity (Wildman–Crippen MR) is 90.9 cm³/mol. The van der Waals surface area contributed by atoms with Crippen LogP contribution in [-0.4, -0.2) is 4.98 Å². The molecule has 1 heterocycles. The van der Waals surface area contributed by atoms with Crippen molar-refractivity contribution in [2.45, 2.75) is 43.9 Å². The molecular weight excluding hydrogens is 288 g/mol. The normalized spacial score (nSPS) is 16.9. The zero-order valence-electron chi connectivity index (χ0n) is 13.1. The number of rotatable bonds is 3. The van der Waals surface area contributed by atoms with Gasteiger partial charge >= 0.3 is 0 Å². The molecule has 0 aliphatic heterocycles. The molecular formula is C19H20N2S. The van der Waals surface area contributed by atoms with E-state index in [0.717, 1.165) is 29.2 Å². The lowest BCUT2D eigenvalue weighted by molar-refractivity contribution is 0.491. The average molecular weight is 308 g/mol. The second-order valence-corrected chi connectivity index (χ2v) is 7.09. The number of aromatic nitrogens is 1. The Labute approximate surface area is 136 Å². The number of hydrogen-bond acceptors (Lipinski definition) is 3. The van der Waals surface area contributed by atoms with Crippen molar-refractivity contribution in [3.8, 4) is 6.07 Å². The minimum atomic E-state index is 0.700. The highest BCUT2D eigenvalue weighted by Crippen LogP contribution is 2.31. The van der Waals surface area contributed by atoms with E-state index >= 15 is 0 Å². The molecule has 1 aliphatic carbocycles. The third-order valence-electron chi connectivity index (χ3n) is 4.34. The molecule has 0 bridgehead atoms. The van der Waals surface area contributed by atoms with E-state index in [1.807, 2.05) is 0 Å². The number of aryl methyl sites for hydroxylation is 2. The Morgan fingerprint density at radius 1 is 1.36 bits per heavy atom. The molecule has 0 spiro atoms. The Hall–Kier alpha value is -1.79. The molecule has 0 amide bonds. The summed E-state index contributed by atoms with van der Waals surface area (Å²) in [5.74, 6) is 1.56. The quantitative estimate of drug-likeness (QED) is 0.773. The van der Waals surface area contributed by atoms with E-state index < -0.39 is 0 Å². The Morgan fingerprint density at radius 3 is 2.95 bits per heavy atom. The standard InChI is InChI=1S/C19H20N2S/c1-13-7-8-18-16(9-13)10-17(11-20)19(21-18)22-12-15-6-4-3-5-14(15)2/h3-6,10,13H,7-9,12H2,1-2H3. The molecule has 0 N–H and O–H groups in total. The first-order chi connectivity index (χ1) is 10.7. The number of fused-ring (bicyclic) bond motifs is 1. The molecule has 2 aromatic rings. The smallest absolute Gasteiger partial charge is 0.114 e. The Kier molecular flexibility index (Phi) is 4.49. The van der Waals surface area contributed by atoms with Crippen LogP contribution >= 0.6 is 11.8 Å². The Bertz CT molecular complexity index is 731. The number of hydrogen-bond donors (Lipinski definition) is 0. The van der Waals surface area contributed by atoms with Crippen LogP contribution in [0.4, 0.5) is 0 Å². The minimum Gasteiger partial charge on any atom is -0.245 e. The van der Waals surface area contributed by atoms with Crippen LogP contribution in [0.3, 0.4) is 0 Å². The van der Waals surface area contributed by atoms with Crippen LogP contribution in [0.2, 0.25) is 0 Å². The van der Waals surface area contributed by atoms with Gasteiger partial charge in [0.05, 0.1) is 5.56 Å². The molecule has 3 heteroatoms. The van der Waals surface area contributed by atoms with Crippen LogP contribution < -0.4 is 0 Å². The first-order valence-corrected chi connectivity index (χ1v) is 8.76. The minimum absolute atomic E-state index is 0.700. The summed E-state index contributed by atoms with van der Waals surface area (Å²) in [5.41, 5.74) is 5.80. The zero-order chi connectivity index (χ0) is 15.5. The first-order valence-electron chi connectivity index (χ1n) is 7.77. The summed E-state index contributed by atoms with van der Waals surface area (Å²) in [6.07, 6.45) is 3.30. The molecule has 1 aromatic carbocycles. The van der Waals surface area contributed by atoms with E-state index in [2.05, 4.69) is 50.2 Å². The lowest BCUT2D eigenvalue weighted by atomic mass is 9.87. The summed E-state index contributed by atoms with van der Waals surface area (Å²) >= 11 is 1.68. The molecule has 1 unspecified atom stereocenters. The van der Waals surface area contributed by atoms with Crippen molar-refractivity contribution in [2.75, 3.05) is 0 Å². The lowest BCUT2D eigenvalue weighted by Gasteiger charge is -2.21. The highest BCUT2D eigenvalue weighted by molar-refractivity contribution is 7.98. The van der Waals surface area contributed by atoms with Crippen molar-refractivity contribution in [1.29, 1.82) is 5.26 Å². The fourth-order valence-electron chi connectivity index (χ4n) is 2.94. The van der Waals surface area contributed by atoms with Gasteiger partial charge in [-0.3, -0.25) is 0 Å². The molecule has 3 rings (SSSR count). The van der Waals surface area contributed by atoms with E-state index in [9.17, 15) is 5.26 Å².